The van der Waals surface area contributed by atoms with Crippen molar-refractivity contribution in [2.75, 3.05) is 40.6 Å². The van der Waals surface area contributed by atoms with Crippen LogP contribution in [0.15, 0.2) is 47.6 Å². The number of nitrogens with zero attached hydrogens (tertiary/aromatic N) is 4. The van der Waals surface area contributed by atoms with Gasteiger partial charge in [0.05, 0.1) is 50.8 Å². The maximum Gasteiger partial charge on any atom is 0.407 e. The monoisotopic (exact) mass is 784 g/mol. The van der Waals surface area contributed by atoms with E-state index in [1.165, 1.54) is 14.2 Å². The predicted molar refractivity (Wildman–Crippen MR) is 211 cm³/mol. The standard InChI is InChI=1S/C41H52N8O8/c1-22(2)32(46-40(52)54-5)38(50)48-17-7-9-30(48)36-42-19-28(44-36)25-13-11-24(12-14-25)26-15-16-27(35-34(26)56-21-57-35)29-20-43-37(45-29)31-10-8-18-49(31)39(51)33(23(3)4)47-41(53)55-6/h11-16,20,22-23,28,30-33H,7-10,17-19,21H2,1-6H3,(H,42,44)(H,43,45)(H,46,52)(H,47,53). The maximum absolute atomic E-state index is 13.6. The molecule has 0 saturated carbocycles. The lowest BCUT2D eigenvalue weighted by molar-refractivity contribution is -0.135. The zero-order valence-corrected chi connectivity index (χ0v) is 33.3. The fraction of sp³-hybridized carbons (Fsp3) is 0.512. The third-order valence-corrected chi connectivity index (χ3v) is 11.3. The quantitative estimate of drug-likeness (QED) is 0.208. The molecule has 2 fully saturated rings. The highest BCUT2D eigenvalue weighted by Gasteiger charge is 2.40. The Bertz CT molecular complexity index is 2010. The SMILES string of the molecule is COC(=O)NC(C(=O)N1CCCC1C1=NCC(c2ccc(-c3ccc(-c4cnc(C5CCCN5C(=O)C(NC(=O)OC)C(C)C)[nH]4)c4c3OCO4)cc2)N1)C(C)C. The molecule has 57 heavy (non-hydrogen) atoms. The van der Waals surface area contributed by atoms with Crippen LogP contribution in [0.3, 0.4) is 0 Å². The van der Waals surface area contributed by atoms with Gasteiger partial charge in [-0.25, -0.2) is 14.6 Å². The smallest absolute Gasteiger partial charge is 0.407 e. The summed E-state index contributed by atoms with van der Waals surface area (Å²) >= 11 is 0. The number of benzene rings is 2. The van der Waals surface area contributed by atoms with Crippen LogP contribution in [0.2, 0.25) is 0 Å². The zero-order chi connectivity index (χ0) is 40.4. The van der Waals surface area contributed by atoms with Gasteiger partial charge in [-0.3, -0.25) is 14.6 Å². The summed E-state index contributed by atoms with van der Waals surface area (Å²) in [5.74, 6) is 2.17. The predicted octanol–water partition coefficient (Wildman–Crippen LogP) is 4.93. The molecule has 1 aromatic heterocycles. The number of rotatable bonds is 11. The van der Waals surface area contributed by atoms with Crippen LogP contribution in [0, 0.1) is 11.8 Å². The van der Waals surface area contributed by atoms with Gasteiger partial charge in [0.15, 0.2) is 11.5 Å². The van der Waals surface area contributed by atoms with Crippen molar-refractivity contribution in [2.45, 2.75) is 83.6 Å². The first-order valence-corrected chi connectivity index (χ1v) is 19.7. The Morgan fingerprint density at radius 3 is 1.95 bits per heavy atom. The van der Waals surface area contributed by atoms with E-state index in [1.54, 1.807) is 11.1 Å². The molecule has 2 saturated heterocycles. The Balaban J connectivity index is 1.03. The number of H-pyrrole nitrogens is 1. The zero-order valence-electron chi connectivity index (χ0n) is 33.3. The van der Waals surface area contributed by atoms with Crippen molar-refractivity contribution in [3.05, 3.63) is 54.0 Å². The number of amidine groups is 1. The molecule has 4 aliphatic heterocycles. The van der Waals surface area contributed by atoms with Gasteiger partial charge < -0.3 is 49.7 Å². The van der Waals surface area contributed by atoms with Crippen LogP contribution in [0.1, 0.15) is 76.8 Å². The molecule has 0 bridgehead atoms. The summed E-state index contributed by atoms with van der Waals surface area (Å²) in [4.78, 5) is 67.8. The van der Waals surface area contributed by atoms with Gasteiger partial charge in [-0.1, -0.05) is 52.0 Å². The highest BCUT2D eigenvalue weighted by molar-refractivity contribution is 5.95. The molecular formula is C41H52N8O8. The van der Waals surface area contributed by atoms with E-state index in [-0.39, 0.29) is 48.6 Å². The van der Waals surface area contributed by atoms with Crippen molar-refractivity contribution in [3.8, 4) is 33.9 Å². The second-order valence-corrected chi connectivity index (χ2v) is 15.5. The van der Waals surface area contributed by atoms with Crippen LogP contribution in [-0.4, -0.2) is 108 Å². The third-order valence-electron chi connectivity index (χ3n) is 11.3. The van der Waals surface area contributed by atoms with Crippen LogP contribution < -0.4 is 25.4 Å². The molecular weight excluding hydrogens is 732 g/mol. The molecule has 16 heteroatoms. The number of hydrogen-bond donors (Lipinski definition) is 4. The number of aromatic amines is 1. The van der Waals surface area contributed by atoms with Crippen molar-refractivity contribution in [3.63, 3.8) is 0 Å². The molecule has 5 atom stereocenters. The largest absolute Gasteiger partial charge is 0.453 e. The molecule has 0 radical (unpaired) electrons. The lowest BCUT2D eigenvalue weighted by Crippen LogP contribution is -2.54. The number of hydrogen-bond acceptors (Lipinski definition) is 11. The molecule has 5 unspecified atom stereocenters. The number of carbonyl (C=O) groups is 4. The molecule has 4 aliphatic rings. The number of ether oxygens (including phenoxy) is 4. The average Bonchev–Trinajstić information content (AvgIpc) is 4.07. The van der Waals surface area contributed by atoms with E-state index in [4.69, 9.17) is 28.9 Å². The molecule has 7 rings (SSSR count). The fourth-order valence-corrected chi connectivity index (χ4v) is 8.21. The third kappa shape index (κ3) is 7.94. The Morgan fingerprint density at radius 1 is 0.789 bits per heavy atom. The number of aliphatic imine (C=N–C) groups is 1. The van der Waals surface area contributed by atoms with E-state index in [0.29, 0.717) is 37.0 Å². The van der Waals surface area contributed by atoms with Crippen molar-refractivity contribution < 1.29 is 38.1 Å². The Morgan fingerprint density at radius 2 is 1.35 bits per heavy atom. The van der Waals surface area contributed by atoms with E-state index in [1.807, 2.05) is 44.7 Å². The van der Waals surface area contributed by atoms with Gasteiger partial charge in [-0.05, 0) is 60.8 Å². The van der Waals surface area contributed by atoms with E-state index >= 15 is 0 Å². The van der Waals surface area contributed by atoms with Crippen LogP contribution in [0.5, 0.6) is 11.5 Å². The van der Waals surface area contributed by atoms with Gasteiger partial charge in [0.1, 0.15) is 23.7 Å². The van der Waals surface area contributed by atoms with Gasteiger partial charge in [-0.2, -0.15) is 0 Å². The number of amides is 4. The Kier molecular flexibility index (Phi) is 11.6. The molecule has 0 aliphatic carbocycles. The average molecular weight is 785 g/mol. The van der Waals surface area contributed by atoms with Crippen LogP contribution in [0.25, 0.3) is 22.4 Å². The summed E-state index contributed by atoms with van der Waals surface area (Å²) in [5.41, 5.74) is 4.45. The van der Waals surface area contributed by atoms with Crippen LogP contribution >= 0.6 is 0 Å². The molecule has 0 spiro atoms. The van der Waals surface area contributed by atoms with Crippen LogP contribution in [0.4, 0.5) is 9.59 Å². The Labute approximate surface area is 332 Å². The number of nitrogens with one attached hydrogen (secondary N) is 4. The van der Waals surface area contributed by atoms with Gasteiger partial charge in [-0.15, -0.1) is 0 Å². The van der Waals surface area contributed by atoms with Gasteiger partial charge in [0.25, 0.3) is 0 Å². The topological polar surface area (TPSA) is 189 Å². The summed E-state index contributed by atoms with van der Waals surface area (Å²) in [5, 5.41) is 8.97. The number of methoxy groups -OCH3 is 2. The minimum Gasteiger partial charge on any atom is -0.453 e. The molecule has 5 heterocycles. The Hall–Kier alpha value is -5.80. The highest BCUT2D eigenvalue weighted by atomic mass is 16.7. The lowest BCUT2D eigenvalue weighted by atomic mass is 9.98. The van der Waals surface area contributed by atoms with E-state index in [9.17, 15) is 19.2 Å². The second kappa shape index (κ2) is 16.7. The molecule has 3 aromatic rings. The number of alkyl carbamates (subject to hydrolysis) is 2. The van der Waals surface area contributed by atoms with Gasteiger partial charge in [0, 0.05) is 24.2 Å². The first kappa shape index (κ1) is 39.4. The lowest BCUT2D eigenvalue weighted by Gasteiger charge is -2.31. The summed E-state index contributed by atoms with van der Waals surface area (Å²) in [6.45, 7) is 9.37. The van der Waals surface area contributed by atoms with E-state index in [0.717, 1.165) is 59.5 Å². The molecule has 4 amide bonds. The van der Waals surface area contributed by atoms with Crippen molar-refractivity contribution in [2.24, 2.45) is 16.8 Å². The van der Waals surface area contributed by atoms with Crippen molar-refractivity contribution >= 4 is 29.8 Å². The van der Waals surface area contributed by atoms with Crippen molar-refractivity contribution in [1.29, 1.82) is 0 Å². The number of imidazole rings is 1. The highest BCUT2D eigenvalue weighted by Crippen LogP contribution is 2.47. The van der Waals surface area contributed by atoms with Gasteiger partial charge in [0.2, 0.25) is 18.6 Å². The maximum atomic E-state index is 13.6. The molecule has 304 valence electrons. The molecule has 16 nitrogen and oxygen atoms in total. The first-order chi connectivity index (χ1) is 27.5. The first-order valence-electron chi connectivity index (χ1n) is 19.7. The molecule has 4 N–H and O–H groups in total. The van der Waals surface area contributed by atoms with E-state index < -0.39 is 24.3 Å². The minimum absolute atomic E-state index is 0.0469. The molecule has 2 aromatic carbocycles. The summed E-state index contributed by atoms with van der Waals surface area (Å²) in [6, 6.07) is 10.4. The minimum atomic E-state index is -0.717. The number of likely N-dealkylation sites (tertiary alicyclic amines) is 2. The normalized spacial score (nSPS) is 21.0. The van der Waals surface area contributed by atoms with Gasteiger partial charge >= 0.3 is 12.2 Å². The summed E-state index contributed by atoms with van der Waals surface area (Å²) < 4.78 is 21.6. The fourth-order valence-electron chi connectivity index (χ4n) is 8.21. The number of fused-ring (bicyclic) bond motifs is 1. The summed E-state index contributed by atoms with van der Waals surface area (Å²) in [7, 11) is 2.57. The van der Waals surface area contributed by atoms with Crippen LogP contribution in [-0.2, 0) is 19.1 Å². The van der Waals surface area contributed by atoms with Crippen molar-refractivity contribution in [1.82, 2.24) is 35.7 Å². The second-order valence-electron chi connectivity index (χ2n) is 15.5. The number of aromatic nitrogens is 2. The summed E-state index contributed by atoms with van der Waals surface area (Å²) in [6.07, 6.45) is 3.69. The number of carbonyl (C=O) groups excluding carboxylic acids is 4. The van der Waals surface area contributed by atoms with E-state index in [2.05, 4.69) is 45.2 Å².